The summed E-state index contributed by atoms with van der Waals surface area (Å²) >= 11 is 0. The molecule has 1 aromatic carbocycles. The Morgan fingerprint density at radius 3 is 2.56 bits per heavy atom. The molecule has 0 spiro atoms. The van der Waals surface area contributed by atoms with Crippen LogP contribution in [0.4, 0.5) is 16.2 Å². The Morgan fingerprint density at radius 1 is 1.28 bits per heavy atom. The molecule has 0 aromatic heterocycles. The summed E-state index contributed by atoms with van der Waals surface area (Å²) in [5.41, 5.74) is 6.75. The number of nitrogens with zero attached hydrogens (tertiary/aromatic N) is 1. The van der Waals surface area contributed by atoms with Gasteiger partial charge in [-0.1, -0.05) is 19.8 Å². The maximum absolute atomic E-state index is 12.1. The average molecular weight is 247 g/mol. The van der Waals surface area contributed by atoms with Gasteiger partial charge in [-0.25, -0.2) is 9.69 Å². The molecule has 3 amide bonds. The van der Waals surface area contributed by atoms with Gasteiger partial charge in [0.25, 0.3) is 5.91 Å². The number of hydrogen-bond acceptors (Lipinski definition) is 3. The van der Waals surface area contributed by atoms with E-state index >= 15 is 0 Å². The second kappa shape index (κ2) is 5.08. The number of nitrogens with two attached hydrogens (primary N) is 1. The van der Waals surface area contributed by atoms with Crippen molar-refractivity contribution in [1.82, 2.24) is 5.32 Å². The fourth-order valence-electron chi connectivity index (χ4n) is 2.00. The topological polar surface area (TPSA) is 75.4 Å². The van der Waals surface area contributed by atoms with E-state index in [1.54, 1.807) is 24.3 Å². The van der Waals surface area contributed by atoms with Gasteiger partial charge < -0.3 is 11.1 Å². The minimum Gasteiger partial charge on any atom is -0.399 e. The molecule has 0 aliphatic carbocycles. The number of imide groups is 1. The molecule has 2 rings (SSSR count). The van der Waals surface area contributed by atoms with Crippen molar-refractivity contribution in [3.8, 4) is 0 Å². The normalized spacial score (nSPS) is 19.2. The average Bonchev–Trinajstić information content (AvgIpc) is 2.63. The van der Waals surface area contributed by atoms with Crippen LogP contribution in [0.5, 0.6) is 0 Å². The summed E-state index contributed by atoms with van der Waals surface area (Å²) < 4.78 is 0. The van der Waals surface area contributed by atoms with E-state index in [2.05, 4.69) is 12.2 Å². The zero-order valence-electron chi connectivity index (χ0n) is 10.3. The number of nitrogen functional groups attached to an aromatic ring is 1. The molecule has 1 aliphatic heterocycles. The summed E-state index contributed by atoms with van der Waals surface area (Å²) in [4.78, 5) is 25.1. The molecule has 1 saturated heterocycles. The fourth-order valence-corrected chi connectivity index (χ4v) is 2.00. The van der Waals surface area contributed by atoms with Crippen LogP contribution >= 0.6 is 0 Å². The highest BCUT2D eigenvalue weighted by atomic mass is 16.2. The molecular formula is C13H17N3O2. The molecule has 5 nitrogen and oxygen atoms in total. The van der Waals surface area contributed by atoms with E-state index in [0.29, 0.717) is 17.8 Å². The molecule has 0 unspecified atom stereocenters. The van der Waals surface area contributed by atoms with Crippen molar-refractivity contribution in [3.05, 3.63) is 24.3 Å². The first-order chi connectivity index (χ1) is 8.63. The monoisotopic (exact) mass is 247 g/mol. The van der Waals surface area contributed by atoms with Crippen molar-refractivity contribution in [3.63, 3.8) is 0 Å². The van der Waals surface area contributed by atoms with Gasteiger partial charge in [-0.2, -0.15) is 0 Å². The Hall–Kier alpha value is -2.04. The molecule has 1 fully saturated rings. The molecule has 1 heterocycles. The van der Waals surface area contributed by atoms with Crippen LogP contribution in [0.3, 0.4) is 0 Å². The second-order valence-corrected chi connectivity index (χ2v) is 4.41. The number of hydrogen-bond donors (Lipinski definition) is 2. The molecule has 5 heteroatoms. The Balaban J connectivity index is 2.16. The Labute approximate surface area is 106 Å². The molecular weight excluding hydrogens is 230 g/mol. The number of rotatable bonds is 4. The highest BCUT2D eigenvalue weighted by Gasteiger charge is 2.38. The third kappa shape index (κ3) is 2.30. The standard InChI is InChI=1S/C13H17N3O2/c1-2-3-4-11-12(17)16(13(18)15-11)10-7-5-9(14)6-8-10/h5-8,11H,2-4,14H2,1H3,(H,15,18)/t11-/m0/s1. The van der Waals surface area contributed by atoms with E-state index in [0.717, 1.165) is 12.8 Å². The van der Waals surface area contributed by atoms with Gasteiger partial charge in [0.2, 0.25) is 0 Å². The molecule has 1 atom stereocenters. The van der Waals surface area contributed by atoms with Crippen molar-refractivity contribution in [2.45, 2.75) is 32.2 Å². The maximum Gasteiger partial charge on any atom is 0.329 e. The fraction of sp³-hybridized carbons (Fsp3) is 0.385. The summed E-state index contributed by atoms with van der Waals surface area (Å²) in [6.45, 7) is 2.05. The first kappa shape index (κ1) is 12.4. The van der Waals surface area contributed by atoms with E-state index in [4.69, 9.17) is 5.73 Å². The van der Waals surface area contributed by atoms with Gasteiger partial charge in [0.1, 0.15) is 6.04 Å². The van der Waals surface area contributed by atoms with Crippen LogP contribution in [0.15, 0.2) is 24.3 Å². The van der Waals surface area contributed by atoms with Crippen LogP contribution in [0, 0.1) is 0 Å². The van der Waals surface area contributed by atoms with E-state index in [-0.39, 0.29) is 11.9 Å². The van der Waals surface area contributed by atoms with Crippen molar-refractivity contribution in [1.29, 1.82) is 0 Å². The SMILES string of the molecule is CCCC[C@@H]1NC(=O)N(c2ccc(N)cc2)C1=O. The number of benzene rings is 1. The van der Waals surface area contributed by atoms with Gasteiger partial charge in [-0.15, -0.1) is 0 Å². The number of unbranched alkanes of at least 4 members (excludes halogenated alkanes) is 1. The predicted octanol–water partition coefficient (Wildman–Crippen LogP) is 1.88. The predicted molar refractivity (Wildman–Crippen MR) is 70.2 cm³/mol. The molecule has 0 bridgehead atoms. The van der Waals surface area contributed by atoms with Crippen LogP contribution in [0.2, 0.25) is 0 Å². The first-order valence-electron chi connectivity index (χ1n) is 6.13. The van der Waals surface area contributed by atoms with Gasteiger partial charge in [0, 0.05) is 5.69 Å². The highest BCUT2D eigenvalue weighted by Crippen LogP contribution is 2.22. The smallest absolute Gasteiger partial charge is 0.329 e. The van der Waals surface area contributed by atoms with Crippen LogP contribution in [0.1, 0.15) is 26.2 Å². The molecule has 18 heavy (non-hydrogen) atoms. The van der Waals surface area contributed by atoms with E-state index in [1.807, 2.05) is 0 Å². The number of amides is 3. The van der Waals surface area contributed by atoms with Gasteiger partial charge in [-0.3, -0.25) is 4.79 Å². The van der Waals surface area contributed by atoms with E-state index in [1.165, 1.54) is 4.90 Å². The second-order valence-electron chi connectivity index (χ2n) is 4.41. The molecule has 0 radical (unpaired) electrons. The molecule has 96 valence electrons. The van der Waals surface area contributed by atoms with Gasteiger partial charge in [0.15, 0.2) is 0 Å². The lowest BCUT2D eigenvalue weighted by atomic mass is 10.1. The van der Waals surface area contributed by atoms with Crippen LogP contribution in [-0.4, -0.2) is 18.0 Å². The first-order valence-corrected chi connectivity index (χ1v) is 6.13. The zero-order valence-corrected chi connectivity index (χ0v) is 10.3. The Morgan fingerprint density at radius 2 is 1.94 bits per heavy atom. The van der Waals surface area contributed by atoms with E-state index in [9.17, 15) is 9.59 Å². The lowest BCUT2D eigenvalue weighted by molar-refractivity contribution is -0.118. The molecule has 3 N–H and O–H groups in total. The van der Waals surface area contributed by atoms with Crippen molar-refractivity contribution in [2.75, 3.05) is 10.6 Å². The summed E-state index contributed by atoms with van der Waals surface area (Å²) in [7, 11) is 0. The van der Waals surface area contributed by atoms with Gasteiger partial charge >= 0.3 is 6.03 Å². The van der Waals surface area contributed by atoms with Gasteiger partial charge in [0.05, 0.1) is 5.69 Å². The summed E-state index contributed by atoms with van der Waals surface area (Å²) in [6.07, 6.45) is 2.61. The lowest BCUT2D eigenvalue weighted by Gasteiger charge is -2.13. The molecule has 0 saturated carbocycles. The van der Waals surface area contributed by atoms with E-state index < -0.39 is 6.04 Å². The molecule has 1 aromatic rings. The third-order valence-electron chi connectivity index (χ3n) is 3.02. The number of anilines is 2. The Bertz CT molecular complexity index is 456. The quantitative estimate of drug-likeness (QED) is 0.630. The maximum atomic E-state index is 12.1. The lowest BCUT2D eigenvalue weighted by Crippen LogP contribution is -2.31. The largest absolute Gasteiger partial charge is 0.399 e. The minimum absolute atomic E-state index is 0.182. The van der Waals surface area contributed by atoms with Crippen LogP contribution in [0.25, 0.3) is 0 Å². The van der Waals surface area contributed by atoms with Crippen LogP contribution in [-0.2, 0) is 4.79 Å². The minimum atomic E-state index is -0.394. The molecule has 1 aliphatic rings. The number of carbonyl (C=O) groups is 2. The number of carbonyl (C=O) groups excluding carboxylic acids is 2. The van der Waals surface area contributed by atoms with Crippen LogP contribution < -0.4 is 16.0 Å². The van der Waals surface area contributed by atoms with Crippen molar-refractivity contribution in [2.24, 2.45) is 0 Å². The zero-order chi connectivity index (χ0) is 13.1. The van der Waals surface area contributed by atoms with Gasteiger partial charge in [-0.05, 0) is 30.7 Å². The Kier molecular flexibility index (Phi) is 3.50. The number of urea groups is 1. The summed E-state index contributed by atoms with van der Waals surface area (Å²) in [6, 6.07) is 5.95. The summed E-state index contributed by atoms with van der Waals surface area (Å²) in [5.74, 6) is -0.182. The summed E-state index contributed by atoms with van der Waals surface area (Å²) in [5, 5.41) is 2.71. The van der Waals surface area contributed by atoms with Crippen molar-refractivity contribution >= 4 is 23.3 Å². The highest BCUT2D eigenvalue weighted by molar-refractivity contribution is 6.21. The van der Waals surface area contributed by atoms with Crippen molar-refractivity contribution < 1.29 is 9.59 Å². The third-order valence-corrected chi connectivity index (χ3v) is 3.02. The number of nitrogens with one attached hydrogen (secondary N) is 1.